The topological polar surface area (TPSA) is 141 Å². The van der Waals surface area contributed by atoms with Crippen LogP contribution in [0.5, 0.6) is 11.5 Å². The molecule has 1 aliphatic heterocycles. The van der Waals surface area contributed by atoms with Crippen molar-refractivity contribution in [3.63, 3.8) is 0 Å². The summed E-state index contributed by atoms with van der Waals surface area (Å²) in [6, 6.07) is 6.48. The molecule has 3 aromatic rings. The average molecular weight is 533 g/mol. The van der Waals surface area contributed by atoms with Crippen LogP contribution in [0.2, 0.25) is 0 Å². The zero-order valence-corrected chi connectivity index (χ0v) is 20.6. The number of halogens is 2. The van der Waals surface area contributed by atoms with Crippen molar-refractivity contribution in [1.82, 2.24) is 20.6 Å². The monoisotopic (exact) mass is 532 g/mol. The number of nitrogens with one attached hydrogen (secondary N) is 3. The number of carbonyl (C=O) groups is 2. The second kappa shape index (κ2) is 12.0. The van der Waals surface area contributed by atoms with Crippen LogP contribution in [0.4, 0.5) is 8.78 Å². The number of aromatic amines is 1. The number of benzene rings is 2. The van der Waals surface area contributed by atoms with E-state index in [1.807, 2.05) is 0 Å². The maximum absolute atomic E-state index is 14.6. The fourth-order valence-electron chi connectivity index (χ4n) is 3.82. The first-order valence-electron chi connectivity index (χ1n) is 11.7. The first-order chi connectivity index (χ1) is 18.3. The lowest BCUT2D eigenvalue weighted by molar-refractivity contribution is -0.161. The van der Waals surface area contributed by atoms with Gasteiger partial charge in [-0.05, 0) is 29.8 Å². The van der Waals surface area contributed by atoms with Gasteiger partial charge in [0.2, 0.25) is 0 Å². The van der Waals surface area contributed by atoms with E-state index in [9.17, 15) is 23.2 Å². The summed E-state index contributed by atoms with van der Waals surface area (Å²) >= 11 is 0. The number of methoxy groups -OCH3 is 1. The van der Waals surface area contributed by atoms with E-state index >= 15 is 0 Å². The predicted molar refractivity (Wildman–Crippen MR) is 130 cm³/mol. The van der Waals surface area contributed by atoms with Gasteiger partial charge in [0.15, 0.2) is 35.1 Å². The molecule has 1 saturated heterocycles. The van der Waals surface area contributed by atoms with Crippen molar-refractivity contribution in [3.8, 4) is 11.5 Å². The summed E-state index contributed by atoms with van der Waals surface area (Å²) in [4.78, 5) is 43.5. The van der Waals surface area contributed by atoms with E-state index in [1.165, 1.54) is 38.4 Å². The number of rotatable bonds is 9. The van der Waals surface area contributed by atoms with Crippen LogP contribution in [0.15, 0.2) is 35.1 Å². The number of H-pyrrole nitrogens is 1. The Balaban J connectivity index is 1.41. The van der Waals surface area contributed by atoms with Crippen molar-refractivity contribution in [2.45, 2.75) is 25.2 Å². The highest BCUT2D eigenvalue weighted by atomic mass is 19.1. The fraction of sp³-hybridized carbons (Fsp3) is 0.360. The Morgan fingerprint density at radius 3 is 2.66 bits per heavy atom. The summed E-state index contributed by atoms with van der Waals surface area (Å²) in [6.07, 6.45) is -0.750. The molecule has 2 atom stereocenters. The van der Waals surface area contributed by atoms with Gasteiger partial charge in [-0.15, -0.1) is 0 Å². The quantitative estimate of drug-likeness (QED) is 0.376. The van der Waals surface area contributed by atoms with E-state index in [0.717, 1.165) is 6.07 Å². The maximum Gasteiger partial charge on any atom is 0.287 e. The zero-order chi connectivity index (χ0) is 27.2. The third-order valence-electron chi connectivity index (χ3n) is 5.85. The molecule has 0 spiro atoms. The Hall–Kier alpha value is -4.10. The Morgan fingerprint density at radius 2 is 1.95 bits per heavy atom. The SMILES string of the molecule is CNC(=O)C1COC(CCOc2c(F)ccc3nc(C(=O)NCc4ccc(F)c(OC)c4)[nH]c(=O)c23)CO1. The number of carbonyl (C=O) groups excluding carboxylic acids is 2. The largest absolute Gasteiger partial charge is 0.494 e. The molecule has 0 radical (unpaired) electrons. The Kier molecular flexibility index (Phi) is 8.48. The number of ether oxygens (including phenoxy) is 4. The summed E-state index contributed by atoms with van der Waals surface area (Å²) in [6.45, 7) is 0.254. The molecule has 2 unspecified atom stereocenters. The lowest BCUT2D eigenvalue weighted by Gasteiger charge is -2.28. The van der Waals surface area contributed by atoms with Gasteiger partial charge in [-0.3, -0.25) is 14.4 Å². The summed E-state index contributed by atoms with van der Waals surface area (Å²) in [5, 5.41) is 4.92. The van der Waals surface area contributed by atoms with Crippen LogP contribution in [0.3, 0.4) is 0 Å². The third-order valence-corrected chi connectivity index (χ3v) is 5.85. The smallest absolute Gasteiger partial charge is 0.287 e. The van der Waals surface area contributed by atoms with Crippen LogP contribution in [-0.2, 0) is 20.8 Å². The van der Waals surface area contributed by atoms with Crippen molar-refractivity contribution >= 4 is 22.7 Å². The van der Waals surface area contributed by atoms with Crippen LogP contribution < -0.4 is 25.7 Å². The van der Waals surface area contributed by atoms with Crippen LogP contribution in [0.25, 0.3) is 10.9 Å². The number of fused-ring (bicyclic) bond motifs is 1. The molecule has 2 aromatic carbocycles. The third kappa shape index (κ3) is 6.06. The predicted octanol–water partition coefficient (Wildman–Crippen LogP) is 1.44. The Labute approximate surface area is 215 Å². The molecule has 0 bridgehead atoms. The maximum atomic E-state index is 14.6. The number of nitrogens with zero attached hydrogens (tertiary/aromatic N) is 1. The molecule has 2 amide bonds. The van der Waals surface area contributed by atoms with Crippen LogP contribution >= 0.6 is 0 Å². The van der Waals surface area contributed by atoms with E-state index in [0.29, 0.717) is 12.0 Å². The molecule has 1 aliphatic rings. The Morgan fingerprint density at radius 1 is 1.16 bits per heavy atom. The van der Waals surface area contributed by atoms with Gasteiger partial charge in [-0.25, -0.2) is 13.8 Å². The molecule has 2 heterocycles. The fourth-order valence-corrected chi connectivity index (χ4v) is 3.82. The van der Waals surface area contributed by atoms with Crippen molar-refractivity contribution in [1.29, 1.82) is 0 Å². The molecule has 4 rings (SSSR count). The summed E-state index contributed by atoms with van der Waals surface area (Å²) in [5.74, 6) is -2.85. The first kappa shape index (κ1) is 26.9. The highest BCUT2D eigenvalue weighted by molar-refractivity contribution is 5.93. The minimum atomic E-state index is -0.771. The number of hydrogen-bond donors (Lipinski definition) is 3. The van der Waals surface area contributed by atoms with Gasteiger partial charge >= 0.3 is 0 Å². The number of hydrogen-bond acceptors (Lipinski definition) is 8. The molecule has 1 aromatic heterocycles. The number of aromatic nitrogens is 2. The van der Waals surface area contributed by atoms with Gasteiger partial charge in [0.05, 0.1) is 38.6 Å². The van der Waals surface area contributed by atoms with Gasteiger partial charge in [0, 0.05) is 20.0 Å². The number of likely N-dealkylation sites (N-methyl/N-ethyl adjacent to an activating group) is 1. The van der Waals surface area contributed by atoms with Crippen molar-refractivity contribution < 1.29 is 37.3 Å². The van der Waals surface area contributed by atoms with Crippen LogP contribution in [0.1, 0.15) is 22.6 Å². The Bertz CT molecular complexity index is 1390. The van der Waals surface area contributed by atoms with Crippen molar-refractivity contribution in [2.75, 3.05) is 34.0 Å². The molecular weight excluding hydrogens is 506 g/mol. The summed E-state index contributed by atoms with van der Waals surface area (Å²) in [5.41, 5.74) is -0.137. The van der Waals surface area contributed by atoms with E-state index in [4.69, 9.17) is 18.9 Å². The molecule has 38 heavy (non-hydrogen) atoms. The molecule has 3 N–H and O–H groups in total. The zero-order valence-electron chi connectivity index (χ0n) is 20.6. The molecule has 0 saturated carbocycles. The van der Waals surface area contributed by atoms with Gasteiger partial charge < -0.3 is 34.6 Å². The van der Waals surface area contributed by atoms with Gasteiger partial charge in [0.1, 0.15) is 5.39 Å². The molecule has 1 fully saturated rings. The second-order valence-corrected chi connectivity index (χ2v) is 8.37. The standard InChI is InChI=1S/C25H26F2N4O7/c1-28-23(32)19-12-37-14(11-38-19)7-8-36-21-16(27)5-6-17-20(21)24(33)31-22(30-17)25(34)29-10-13-3-4-15(26)18(9-13)35-2/h3-6,9,14,19H,7-8,10-12H2,1-2H3,(H,28,32)(H,29,34)(H,30,31,33). The van der Waals surface area contributed by atoms with Crippen molar-refractivity contribution in [2.24, 2.45) is 0 Å². The lowest BCUT2D eigenvalue weighted by Crippen LogP contribution is -2.44. The molecule has 13 heteroatoms. The minimum Gasteiger partial charge on any atom is -0.494 e. The van der Waals surface area contributed by atoms with E-state index in [-0.39, 0.29) is 66.6 Å². The average Bonchev–Trinajstić information content (AvgIpc) is 2.93. The first-order valence-corrected chi connectivity index (χ1v) is 11.7. The highest BCUT2D eigenvalue weighted by Gasteiger charge is 2.27. The summed E-state index contributed by atoms with van der Waals surface area (Å²) < 4.78 is 49.7. The molecule has 11 nitrogen and oxygen atoms in total. The van der Waals surface area contributed by atoms with E-state index in [2.05, 4.69) is 20.6 Å². The highest BCUT2D eigenvalue weighted by Crippen LogP contribution is 2.26. The minimum absolute atomic E-state index is 0.00247. The molecule has 0 aliphatic carbocycles. The molecule has 202 valence electrons. The van der Waals surface area contributed by atoms with Gasteiger partial charge in [-0.2, -0.15) is 0 Å². The van der Waals surface area contributed by atoms with Gasteiger partial charge in [-0.1, -0.05) is 6.07 Å². The number of amides is 2. The molecular formula is C25H26F2N4O7. The lowest BCUT2D eigenvalue weighted by atomic mass is 10.2. The summed E-state index contributed by atoms with van der Waals surface area (Å²) in [7, 11) is 2.83. The van der Waals surface area contributed by atoms with Crippen LogP contribution in [0, 0.1) is 11.6 Å². The van der Waals surface area contributed by atoms with E-state index in [1.54, 1.807) is 0 Å². The van der Waals surface area contributed by atoms with Crippen molar-refractivity contribution in [3.05, 3.63) is 63.7 Å². The normalized spacial score (nSPS) is 17.2. The second-order valence-electron chi connectivity index (χ2n) is 8.37. The van der Waals surface area contributed by atoms with Crippen LogP contribution in [-0.4, -0.2) is 68.0 Å². The van der Waals surface area contributed by atoms with Gasteiger partial charge in [0.25, 0.3) is 17.4 Å². The van der Waals surface area contributed by atoms with E-state index < -0.39 is 29.2 Å².